The molecule has 124 valence electrons. The summed E-state index contributed by atoms with van der Waals surface area (Å²) < 4.78 is 0. The number of carbonyl (C=O) groups is 2. The highest BCUT2D eigenvalue weighted by molar-refractivity contribution is 5.87. The third kappa shape index (κ3) is 3.64. The normalized spacial score (nSPS) is 27.7. The van der Waals surface area contributed by atoms with Crippen LogP contribution in [0.3, 0.4) is 0 Å². The number of rotatable bonds is 5. The Kier molecular flexibility index (Phi) is 4.81. The van der Waals surface area contributed by atoms with Crippen LogP contribution in [-0.2, 0) is 9.59 Å². The van der Waals surface area contributed by atoms with E-state index in [1.807, 2.05) is 18.4 Å². The topological polar surface area (TPSA) is 96.2 Å². The third-order valence-corrected chi connectivity index (χ3v) is 4.83. The lowest BCUT2D eigenvalue weighted by molar-refractivity contribution is -0.130. The van der Waals surface area contributed by atoms with E-state index in [9.17, 15) is 9.59 Å². The molecule has 0 aromatic heterocycles. The van der Waals surface area contributed by atoms with E-state index < -0.39 is 11.9 Å². The lowest BCUT2D eigenvalue weighted by Crippen LogP contribution is -2.48. The second-order valence-corrected chi connectivity index (χ2v) is 6.40. The van der Waals surface area contributed by atoms with Crippen molar-refractivity contribution in [1.29, 1.82) is 0 Å². The van der Waals surface area contributed by atoms with Gasteiger partial charge in [-0.25, -0.2) is 0 Å². The van der Waals surface area contributed by atoms with E-state index in [-0.39, 0.29) is 23.8 Å². The van der Waals surface area contributed by atoms with E-state index >= 15 is 0 Å². The molecule has 3 aliphatic rings. The summed E-state index contributed by atoms with van der Waals surface area (Å²) in [5, 5.41) is 9.39. The molecule has 5 N–H and O–H groups in total. The number of primary amides is 1. The van der Waals surface area contributed by atoms with Gasteiger partial charge in [0.2, 0.25) is 11.8 Å². The van der Waals surface area contributed by atoms with Crippen molar-refractivity contribution in [3.63, 3.8) is 0 Å². The molecule has 1 aliphatic carbocycles. The Morgan fingerprint density at radius 1 is 1.26 bits per heavy atom. The molecule has 1 saturated heterocycles. The maximum absolute atomic E-state index is 12.4. The molecule has 0 spiro atoms. The van der Waals surface area contributed by atoms with Crippen LogP contribution in [0.1, 0.15) is 19.3 Å². The molecule has 0 bridgehead atoms. The van der Waals surface area contributed by atoms with Gasteiger partial charge < -0.3 is 21.7 Å². The Labute approximate surface area is 136 Å². The second kappa shape index (κ2) is 7.00. The molecule has 6 heteroatoms. The van der Waals surface area contributed by atoms with Gasteiger partial charge in [-0.3, -0.25) is 9.59 Å². The summed E-state index contributed by atoms with van der Waals surface area (Å²) in [5.74, 6) is -0.332. The van der Waals surface area contributed by atoms with Crippen molar-refractivity contribution >= 4 is 11.8 Å². The first-order valence-electron chi connectivity index (χ1n) is 8.25. The number of fused-ring (bicyclic) bond motifs is 1. The summed E-state index contributed by atoms with van der Waals surface area (Å²) in [6, 6.07) is -0.410. The SMILES string of the molecule is NC(=O)[C@@H](CC1=CNC2C=CC=CC12)NC(=O)C1CCNCC1. The quantitative estimate of drug-likeness (QED) is 0.571. The fraction of sp³-hybridized carbons (Fsp3) is 0.529. The molecule has 0 aromatic carbocycles. The summed E-state index contributed by atoms with van der Waals surface area (Å²) in [6.45, 7) is 1.69. The van der Waals surface area contributed by atoms with Crippen LogP contribution in [0.25, 0.3) is 0 Å². The molecule has 2 heterocycles. The van der Waals surface area contributed by atoms with Gasteiger partial charge in [0.15, 0.2) is 0 Å². The molecule has 2 unspecified atom stereocenters. The molecule has 0 aromatic rings. The molecule has 1 fully saturated rings. The first-order valence-corrected chi connectivity index (χ1v) is 8.25. The number of hydrogen-bond donors (Lipinski definition) is 4. The van der Waals surface area contributed by atoms with Gasteiger partial charge in [0.1, 0.15) is 6.04 Å². The zero-order valence-corrected chi connectivity index (χ0v) is 13.1. The number of nitrogens with two attached hydrogens (primary N) is 1. The van der Waals surface area contributed by atoms with Crippen LogP contribution in [-0.4, -0.2) is 37.0 Å². The summed E-state index contributed by atoms with van der Waals surface area (Å²) in [7, 11) is 0. The van der Waals surface area contributed by atoms with Gasteiger partial charge in [0.05, 0.1) is 6.04 Å². The van der Waals surface area contributed by atoms with Gasteiger partial charge >= 0.3 is 0 Å². The molecule has 2 aliphatic heterocycles. The maximum atomic E-state index is 12.4. The second-order valence-electron chi connectivity index (χ2n) is 6.40. The highest BCUT2D eigenvalue weighted by atomic mass is 16.2. The van der Waals surface area contributed by atoms with Gasteiger partial charge in [-0.15, -0.1) is 0 Å². The fourth-order valence-corrected chi connectivity index (χ4v) is 3.45. The van der Waals surface area contributed by atoms with Crippen molar-refractivity contribution in [2.75, 3.05) is 13.1 Å². The van der Waals surface area contributed by atoms with Crippen molar-refractivity contribution in [3.8, 4) is 0 Å². The average molecular weight is 316 g/mol. The first-order chi connectivity index (χ1) is 11.1. The predicted molar refractivity (Wildman–Crippen MR) is 88.1 cm³/mol. The van der Waals surface area contributed by atoms with Gasteiger partial charge in [0, 0.05) is 11.8 Å². The van der Waals surface area contributed by atoms with Crippen LogP contribution in [0.15, 0.2) is 36.1 Å². The Bertz CT molecular complexity index is 561. The zero-order chi connectivity index (χ0) is 16.2. The van der Waals surface area contributed by atoms with Gasteiger partial charge in [-0.1, -0.05) is 24.3 Å². The Morgan fingerprint density at radius 3 is 2.74 bits per heavy atom. The first kappa shape index (κ1) is 15.8. The molecular formula is C17H24N4O2. The van der Waals surface area contributed by atoms with Crippen molar-refractivity contribution < 1.29 is 9.59 Å². The Morgan fingerprint density at radius 2 is 2.00 bits per heavy atom. The molecule has 23 heavy (non-hydrogen) atoms. The molecule has 3 atom stereocenters. The van der Waals surface area contributed by atoms with E-state index in [0.29, 0.717) is 6.42 Å². The Balaban J connectivity index is 1.61. The number of allylic oxidation sites excluding steroid dienone is 2. The number of carbonyl (C=O) groups excluding carboxylic acids is 2. The van der Waals surface area contributed by atoms with Gasteiger partial charge in [0.25, 0.3) is 0 Å². The number of hydrogen-bond acceptors (Lipinski definition) is 4. The summed E-state index contributed by atoms with van der Waals surface area (Å²) in [6.07, 6.45) is 12.2. The monoisotopic (exact) mass is 316 g/mol. The minimum absolute atomic E-state index is 0.0287. The van der Waals surface area contributed by atoms with Crippen LogP contribution in [0, 0.1) is 11.8 Å². The van der Waals surface area contributed by atoms with E-state index in [4.69, 9.17) is 5.73 Å². The largest absolute Gasteiger partial charge is 0.384 e. The molecule has 0 saturated carbocycles. The van der Waals surface area contributed by atoms with Crippen molar-refractivity contribution in [2.45, 2.75) is 31.3 Å². The average Bonchev–Trinajstić information content (AvgIpc) is 2.98. The maximum Gasteiger partial charge on any atom is 0.240 e. The summed E-state index contributed by atoms with van der Waals surface area (Å²) >= 11 is 0. The van der Waals surface area contributed by atoms with Gasteiger partial charge in [-0.2, -0.15) is 0 Å². The van der Waals surface area contributed by atoms with E-state index in [0.717, 1.165) is 31.5 Å². The van der Waals surface area contributed by atoms with E-state index in [1.54, 1.807) is 0 Å². The fourth-order valence-electron chi connectivity index (χ4n) is 3.45. The van der Waals surface area contributed by atoms with Crippen LogP contribution in [0.5, 0.6) is 0 Å². The van der Waals surface area contributed by atoms with E-state index in [2.05, 4.69) is 28.1 Å². The minimum atomic E-state index is -0.650. The van der Waals surface area contributed by atoms with Crippen LogP contribution < -0.4 is 21.7 Å². The van der Waals surface area contributed by atoms with Crippen LogP contribution in [0.4, 0.5) is 0 Å². The third-order valence-electron chi connectivity index (χ3n) is 4.83. The van der Waals surface area contributed by atoms with Crippen LogP contribution in [0.2, 0.25) is 0 Å². The van der Waals surface area contributed by atoms with Crippen molar-refractivity contribution in [2.24, 2.45) is 17.6 Å². The lowest BCUT2D eigenvalue weighted by Gasteiger charge is -2.25. The summed E-state index contributed by atoms with van der Waals surface area (Å²) in [5.41, 5.74) is 6.62. The molecular weight excluding hydrogens is 292 g/mol. The number of amides is 2. The minimum Gasteiger partial charge on any atom is -0.384 e. The molecule has 6 nitrogen and oxygen atoms in total. The number of nitrogens with one attached hydrogen (secondary N) is 3. The molecule has 3 rings (SSSR count). The lowest BCUT2D eigenvalue weighted by atomic mass is 9.87. The van der Waals surface area contributed by atoms with Crippen molar-refractivity contribution in [3.05, 3.63) is 36.1 Å². The highest BCUT2D eigenvalue weighted by Gasteiger charge is 2.31. The zero-order valence-electron chi connectivity index (χ0n) is 13.1. The standard InChI is InChI=1S/C17H24N4O2/c18-16(22)15(21-17(23)11-5-7-19-8-6-11)9-12-10-20-14-4-2-1-3-13(12)14/h1-4,10-11,13-15,19-20H,5-9H2,(H2,18,22)(H,21,23)/t13?,14?,15-/m1/s1. The summed E-state index contributed by atoms with van der Waals surface area (Å²) in [4.78, 5) is 24.1. The van der Waals surface area contributed by atoms with E-state index in [1.165, 1.54) is 0 Å². The predicted octanol–water partition coefficient (Wildman–Crippen LogP) is -0.0559. The molecule has 2 amide bonds. The smallest absolute Gasteiger partial charge is 0.240 e. The van der Waals surface area contributed by atoms with Crippen molar-refractivity contribution in [1.82, 2.24) is 16.0 Å². The Hall–Kier alpha value is -2.08. The highest BCUT2D eigenvalue weighted by Crippen LogP contribution is 2.29. The van der Waals surface area contributed by atoms with Gasteiger partial charge in [-0.05, 0) is 44.1 Å². The number of piperidine rings is 1. The van der Waals surface area contributed by atoms with Crippen LogP contribution >= 0.6 is 0 Å². The molecule has 0 radical (unpaired) electrons.